The van der Waals surface area contributed by atoms with Crippen LogP contribution >= 0.6 is 0 Å². The molecule has 1 saturated carbocycles. The highest BCUT2D eigenvalue weighted by molar-refractivity contribution is 4.87. The monoisotopic (exact) mass is 169 g/mol. The molecule has 0 spiro atoms. The molecule has 70 valence electrons. The molecule has 1 aliphatic carbocycles. The number of hydrogen-bond acceptors (Lipinski definition) is 2. The summed E-state index contributed by atoms with van der Waals surface area (Å²) in [5.74, 6) is 0.937. The van der Waals surface area contributed by atoms with Crippen molar-refractivity contribution in [3.63, 3.8) is 0 Å². The maximum absolute atomic E-state index is 9.16. The van der Waals surface area contributed by atoms with Crippen molar-refractivity contribution < 1.29 is 5.11 Å². The topological polar surface area (TPSA) is 23.5 Å². The van der Waals surface area contributed by atoms with Crippen molar-refractivity contribution in [1.29, 1.82) is 0 Å². The molecule has 2 rings (SSSR count). The first-order valence-corrected chi connectivity index (χ1v) is 5.18. The van der Waals surface area contributed by atoms with Crippen molar-refractivity contribution >= 4 is 0 Å². The first-order valence-electron chi connectivity index (χ1n) is 5.18. The summed E-state index contributed by atoms with van der Waals surface area (Å²) in [6.07, 6.45) is 5.46. The summed E-state index contributed by atoms with van der Waals surface area (Å²) in [4.78, 5) is 2.44. The van der Waals surface area contributed by atoms with Gasteiger partial charge in [0.05, 0.1) is 6.10 Å². The van der Waals surface area contributed by atoms with Gasteiger partial charge in [-0.15, -0.1) is 0 Å². The molecule has 0 bridgehead atoms. The molecule has 2 fully saturated rings. The van der Waals surface area contributed by atoms with Gasteiger partial charge in [0.25, 0.3) is 0 Å². The fourth-order valence-electron chi connectivity index (χ4n) is 2.39. The van der Waals surface area contributed by atoms with E-state index in [1.54, 1.807) is 0 Å². The average Bonchev–Trinajstić information content (AvgIpc) is 2.01. The zero-order valence-corrected chi connectivity index (χ0v) is 7.87. The van der Waals surface area contributed by atoms with Gasteiger partial charge in [-0.25, -0.2) is 0 Å². The Morgan fingerprint density at radius 3 is 2.17 bits per heavy atom. The van der Waals surface area contributed by atoms with Gasteiger partial charge in [0.2, 0.25) is 0 Å². The van der Waals surface area contributed by atoms with Crippen molar-refractivity contribution in [3.8, 4) is 0 Å². The van der Waals surface area contributed by atoms with Crippen LogP contribution in [0.4, 0.5) is 0 Å². The lowest BCUT2D eigenvalue weighted by molar-refractivity contribution is -0.0359. The number of aliphatic hydroxyl groups is 1. The van der Waals surface area contributed by atoms with E-state index in [0.717, 1.165) is 25.0 Å². The Hall–Kier alpha value is -0.0800. The smallest absolute Gasteiger partial charge is 0.0794 e. The molecule has 2 heteroatoms. The molecule has 0 aromatic heterocycles. The molecule has 1 N–H and O–H groups in total. The summed E-state index contributed by atoms with van der Waals surface area (Å²) in [5, 5.41) is 9.16. The van der Waals surface area contributed by atoms with Crippen LogP contribution in [0, 0.1) is 5.92 Å². The third-order valence-electron chi connectivity index (χ3n) is 3.39. The van der Waals surface area contributed by atoms with Crippen LogP contribution in [0.15, 0.2) is 0 Å². The Bertz CT molecular complexity index is 146. The SMILES string of the molecule is CC1CCC(N2CC(O)C2)CC1. The van der Waals surface area contributed by atoms with E-state index in [1.807, 2.05) is 0 Å². The molecule has 1 heterocycles. The van der Waals surface area contributed by atoms with E-state index in [1.165, 1.54) is 25.7 Å². The van der Waals surface area contributed by atoms with Crippen LogP contribution in [0.5, 0.6) is 0 Å². The predicted molar refractivity (Wildman–Crippen MR) is 49.0 cm³/mol. The lowest BCUT2D eigenvalue weighted by Gasteiger charge is -2.44. The predicted octanol–water partition coefficient (Wildman–Crippen LogP) is 1.24. The highest BCUT2D eigenvalue weighted by atomic mass is 16.3. The van der Waals surface area contributed by atoms with E-state index in [2.05, 4.69) is 11.8 Å². The summed E-state index contributed by atoms with van der Waals surface area (Å²) in [6, 6.07) is 0.796. The summed E-state index contributed by atoms with van der Waals surface area (Å²) >= 11 is 0. The van der Waals surface area contributed by atoms with Crippen LogP contribution in [0.3, 0.4) is 0 Å². The van der Waals surface area contributed by atoms with Crippen molar-refractivity contribution in [2.45, 2.75) is 44.8 Å². The van der Waals surface area contributed by atoms with Gasteiger partial charge in [-0.1, -0.05) is 6.92 Å². The van der Waals surface area contributed by atoms with Gasteiger partial charge in [0.15, 0.2) is 0 Å². The van der Waals surface area contributed by atoms with Crippen LogP contribution < -0.4 is 0 Å². The number of β-amino-alcohol motifs (C(OH)–C–C–N with tert-alkyl or cyclic N) is 1. The Morgan fingerprint density at radius 2 is 1.67 bits per heavy atom. The highest BCUT2D eigenvalue weighted by Crippen LogP contribution is 2.29. The fraction of sp³-hybridized carbons (Fsp3) is 1.00. The van der Waals surface area contributed by atoms with E-state index in [-0.39, 0.29) is 6.10 Å². The lowest BCUT2D eigenvalue weighted by Crippen LogP contribution is -2.55. The molecule has 0 aromatic carbocycles. The van der Waals surface area contributed by atoms with E-state index in [0.29, 0.717) is 0 Å². The quantitative estimate of drug-likeness (QED) is 0.638. The zero-order chi connectivity index (χ0) is 8.55. The van der Waals surface area contributed by atoms with Crippen LogP contribution in [-0.4, -0.2) is 35.2 Å². The Balaban J connectivity index is 1.75. The number of rotatable bonds is 1. The highest BCUT2D eigenvalue weighted by Gasteiger charge is 2.32. The minimum absolute atomic E-state index is 0.0238. The molecule has 0 atom stereocenters. The van der Waals surface area contributed by atoms with Gasteiger partial charge in [-0.2, -0.15) is 0 Å². The maximum Gasteiger partial charge on any atom is 0.0794 e. The number of aliphatic hydroxyl groups excluding tert-OH is 1. The normalized spacial score (nSPS) is 39.5. The van der Waals surface area contributed by atoms with E-state index < -0.39 is 0 Å². The Morgan fingerprint density at radius 1 is 1.08 bits per heavy atom. The summed E-state index contributed by atoms with van der Waals surface area (Å²) in [7, 11) is 0. The number of likely N-dealkylation sites (tertiary alicyclic amines) is 1. The maximum atomic E-state index is 9.16. The third kappa shape index (κ3) is 1.64. The zero-order valence-electron chi connectivity index (χ0n) is 7.87. The van der Waals surface area contributed by atoms with Crippen LogP contribution in [0.1, 0.15) is 32.6 Å². The van der Waals surface area contributed by atoms with Gasteiger partial charge in [0.1, 0.15) is 0 Å². The lowest BCUT2D eigenvalue weighted by atomic mass is 9.85. The first kappa shape index (κ1) is 8.52. The summed E-state index contributed by atoms with van der Waals surface area (Å²) in [5.41, 5.74) is 0. The molecule has 0 unspecified atom stereocenters. The van der Waals surface area contributed by atoms with Gasteiger partial charge >= 0.3 is 0 Å². The third-order valence-corrected chi connectivity index (χ3v) is 3.39. The molecule has 1 saturated heterocycles. The van der Waals surface area contributed by atoms with Crippen LogP contribution in [0.25, 0.3) is 0 Å². The molecule has 1 aliphatic heterocycles. The number of hydrogen-bond donors (Lipinski definition) is 1. The average molecular weight is 169 g/mol. The minimum Gasteiger partial charge on any atom is -0.390 e. The Kier molecular flexibility index (Phi) is 2.37. The Labute approximate surface area is 74.6 Å². The van der Waals surface area contributed by atoms with Crippen molar-refractivity contribution in [3.05, 3.63) is 0 Å². The molecular formula is C10H19NO. The summed E-state index contributed by atoms with van der Waals surface area (Å²) in [6.45, 7) is 4.21. The first-order chi connectivity index (χ1) is 5.75. The molecule has 12 heavy (non-hydrogen) atoms. The van der Waals surface area contributed by atoms with Gasteiger partial charge in [0, 0.05) is 19.1 Å². The molecule has 0 aromatic rings. The standard InChI is InChI=1S/C10H19NO/c1-8-2-4-9(5-3-8)11-6-10(12)7-11/h8-10,12H,2-7H2,1H3. The second kappa shape index (κ2) is 3.35. The largest absolute Gasteiger partial charge is 0.390 e. The van der Waals surface area contributed by atoms with E-state index >= 15 is 0 Å². The summed E-state index contributed by atoms with van der Waals surface area (Å²) < 4.78 is 0. The van der Waals surface area contributed by atoms with E-state index in [4.69, 9.17) is 5.11 Å². The molecule has 2 aliphatic rings. The molecule has 0 radical (unpaired) electrons. The van der Waals surface area contributed by atoms with Gasteiger partial charge in [-0.3, -0.25) is 4.90 Å². The van der Waals surface area contributed by atoms with Crippen molar-refractivity contribution in [2.24, 2.45) is 5.92 Å². The molecular weight excluding hydrogens is 150 g/mol. The number of nitrogens with zero attached hydrogens (tertiary/aromatic N) is 1. The second-order valence-electron chi connectivity index (χ2n) is 4.52. The fourth-order valence-corrected chi connectivity index (χ4v) is 2.39. The minimum atomic E-state index is -0.0238. The van der Waals surface area contributed by atoms with E-state index in [9.17, 15) is 0 Å². The van der Waals surface area contributed by atoms with Crippen molar-refractivity contribution in [2.75, 3.05) is 13.1 Å². The van der Waals surface area contributed by atoms with Gasteiger partial charge in [-0.05, 0) is 31.6 Å². The van der Waals surface area contributed by atoms with Crippen molar-refractivity contribution in [1.82, 2.24) is 4.90 Å². The van der Waals surface area contributed by atoms with Crippen LogP contribution in [0.2, 0.25) is 0 Å². The van der Waals surface area contributed by atoms with Gasteiger partial charge < -0.3 is 5.11 Å². The molecule has 0 amide bonds. The second-order valence-corrected chi connectivity index (χ2v) is 4.52. The van der Waals surface area contributed by atoms with Crippen LogP contribution in [-0.2, 0) is 0 Å². The molecule has 2 nitrogen and oxygen atoms in total.